The maximum absolute atomic E-state index is 12.3. The van der Waals surface area contributed by atoms with Gasteiger partial charge in [0, 0.05) is 21.2 Å². The summed E-state index contributed by atoms with van der Waals surface area (Å²) in [6, 6.07) is 6.45. The number of carbonyl (C=O) groups excluding carboxylic acids is 1. The van der Waals surface area contributed by atoms with E-state index in [2.05, 4.69) is 40.1 Å². The maximum Gasteiger partial charge on any atom is 0.251 e. The first-order valence-electron chi connectivity index (χ1n) is 6.39. The van der Waals surface area contributed by atoms with Crippen LogP contribution in [0.3, 0.4) is 0 Å². The van der Waals surface area contributed by atoms with E-state index in [1.165, 1.54) is 0 Å². The van der Waals surface area contributed by atoms with Gasteiger partial charge in [-0.15, -0.1) is 12.4 Å². The van der Waals surface area contributed by atoms with Crippen molar-refractivity contribution in [3.8, 4) is 0 Å². The van der Waals surface area contributed by atoms with E-state index in [0.29, 0.717) is 6.04 Å². The van der Waals surface area contributed by atoms with Gasteiger partial charge in [-0.25, -0.2) is 0 Å². The molecule has 1 aromatic rings. The molecule has 106 valence electrons. The summed E-state index contributed by atoms with van der Waals surface area (Å²) in [5.74, 6) is 0.0477. The van der Waals surface area contributed by atoms with Crippen LogP contribution in [0.25, 0.3) is 0 Å². The van der Waals surface area contributed by atoms with Gasteiger partial charge >= 0.3 is 0 Å². The van der Waals surface area contributed by atoms with Crippen LogP contribution in [0.4, 0.5) is 0 Å². The summed E-state index contributed by atoms with van der Waals surface area (Å²) in [5, 5.41) is 6.55. The quantitative estimate of drug-likeness (QED) is 0.757. The van der Waals surface area contributed by atoms with Crippen LogP contribution >= 0.6 is 35.0 Å². The number of carbonyl (C=O) groups is 1. The Morgan fingerprint density at radius 2 is 2.21 bits per heavy atom. The van der Waals surface area contributed by atoms with Crippen LogP contribution in [0.5, 0.6) is 0 Å². The molecule has 1 aliphatic rings. The Bertz CT molecular complexity index is 453. The van der Waals surface area contributed by atoms with Gasteiger partial charge < -0.3 is 10.6 Å². The summed E-state index contributed by atoms with van der Waals surface area (Å²) in [5.41, 5.74) is 1.85. The molecule has 5 heteroatoms. The Balaban J connectivity index is 0.00000180. The minimum absolute atomic E-state index is 0. The minimum Gasteiger partial charge on any atom is -0.348 e. The predicted molar refractivity (Wildman–Crippen MR) is 89.1 cm³/mol. The average molecular weight is 395 g/mol. The summed E-state index contributed by atoms with van der Waals surface area (Å²) in [6.45, 7) is 5.18. The monoisotopic (exact) mass is 394 g/mol. The molecule has 0 spiro atoms. The molecule has 2 N–H and O–H groups in total. The first-order valence-corrected chi connectivity index (χ1v) is 7.47. The summed E-state index contributed by atoms with van der Waals surface area (Å²) in [4.78, 5) is 12.3. The highest BCUT2D eigenvalue weighted by Crippen LogP contribution is 2.17. The molecule has 2 unspecified atom stereocenters. The zero-order valence-corrected chi connectivity index (χ0v) is 14.2. The molecule has 0 bridgehead atoms. The van der Waals surface area contributed by atoms with Crippen molar-refractivity contribution in [2.45, 2.75) is 38.8 Å². The van der Waals surface area contributed by atoms with Crippen LogP contribution < -0.4 is 10.6 Å². The van der Waals surface area contributed by atoms with Crippen LogP contribution in [0.15, 0.2) is 18.2 Å². The third kappa shape index (κ3) is 4.07. The Hall–Kier alpha value is -0.330. The number of hydrogen-bond donors (Lipinski definition) is 2. The number of benzene rings is 1. The van der Waals surface area contributed by atoms with Crippen molar-refractivity contribution < 1.29 is 4.79 Å². The Morgan fingerprint density at radius 1 is 1.47 bits per heavy atom. The zero-order chi connectivity index (χ0) is 13.1. The normalized spacial score (nSPS) is 22.5. The molecule has 1 saturated heterocycles. The van der Waals surface area contributed by atoms with Crippen molar-refractivity contribution in [1.29, 1.82) is 0 Å². The molecule has 0 aliphatic carbocycles. The highest BCUT2D eigenvalue weighted by atomic mass is 127. The lowest BCUT2D eigenvalue weighted by molar-refractivity contribution is 0.0919. The van der Waals surface area contributed by atoms with E-state index in [0.717, 1.165) is 34.1 Å². The fraction of sp³-hybridized carbons (Fsp3) is 0.500. The van der Waals surface area contributed by atoms with Crippen LogP contribution in [0.2, 0.25) is 0 Å². The molecule has 0 aromatic heterocycles. The second kappa shape index (κ2) is 7.45. The molecule has 2 rings (SSSR count). The molecule has 19 heavy (non-hydrogen) atoms. The molecular weight excluding hydrogens is 375 g/mol. The van der Waals surface area contributed by atoms with E-state index in [1.54, 1.807) is 0 Å². The van der Waals surface area contributed by atoms with E-state index >= 15 is 0 Å². The average Bonchev–Trinajstić information content (AvgIpc) is 2.35. The smallest absolute Gasteiger partial charge is 0.251 e. The molecule has 2 atom stereocenters. The standard InChI is InChI=1S/C14H19IN2O.ClH/c1-9-11(5-3-6-12(9)15)14(18)17-13-7-4-8-16-10(13)2;/h3,5-6,10,13,16H,4,7-8H2,1-2H3,(H,17,18);1H. The van der Waals surface area contributed by atoms with Gasteiger partial charge in [0.25, 0.3) is 5.91 Å². The van der Waals surface area contributed by atoms with Crippen molar-refractivity contribution >= 4 is 40.9 Å². The minimum atomic E-state index is 0. The molecule has 1 fully saturated rings. The van der Waals surface area contributed by atoms with Crippen molar-refractivity contribution in [2.24, 2.45) is 0 Å². The highest BCUT2D eigenvalue weighted by molar-refractivity contribution is 14.1. The van der Waals surface area contributed by atoms with E-state index in [1.807, 2.05) is 25.1 Å². The van der Waals surface area contributed by atoms with Crippen molar-refractivity contribution in [3.63, 3.8) is 0 Å². The van der Waals surface area contributed by atoms with Gasteiger partial charge in [0.05, 0.1) is 0 Å². The van der Waals surface area contributed by atoms with Gasteiger partial charge in [0.1, 0.15) is 0 Å². The van der Waals surface area contributed by atoms with E-state index in [4.69, 9.17) is 0 Å². The zero-order valence-electron chi connectivity index (χ0n) is 11.2. The van der Waals surface area contributed by atoms with Gasteiger partial charge in [0.15, 0.2) is 0 Å². The fourth-order valence-corrected chi connectivity index (χ4v) is 2.84. The third-order valence-corrected chi connectivity index (χ3v) is 4.76. The Morgan fingerprint density at radius 3 is 2.89 bits per heavy atom. The van der Waals surface area contributed by atoms with E-state index < -0.39 is 0 Å². The third-order valence-electron chi connectivity index (χ3n) is 3.59. The van der Waals surface area contributed by atoms with E-state index in [9.17, 15) is 4.79 Å². The Kier molecular flexibility index (Phi) is 6.56. The number of hydrogen-bond acceptors (Lipinski definition) is 2. The SMILES string of the molecule is Cc1c(I)cccc1C(=O)NC1CCCNC1C.Cl. The number of piperidine rings is 1. The van der Waals surface area contributed by atoms with Crippen LogP contribution in [-0.2, 0) is 0 Å². The first kappa shape index (κ1) is 16.7. The molecule has 1 aliphatic heterocycles. The first-order chi connectivity index (χ1) is 8.59. The van der Waals surface area contributed by atoms with Crippen molar-refractivity contribution in [2.75, 3.05) is 6.54 Å². The molecular formula is C14H20ClIN2O. The predicted octanol–water partition coefficient (Wildman–Crippen LogP) is 2.89. The number of amides is 1. The number of halogens is 2. The van der Waals surface area contributed by atoms with Crippen molar-refractivity contribution in [1.82, 2.24) is 10.6 Å². The van der Waals surface area contributed by atoms with Gasteiger partial charge in [-0.2, -0.15) is 0 Å². The maximum atomic E-state index is 12.3. The molecule has 1 amide bonds. The van der Waals surface area contributed by atoms with Gasteiger partial charge in [-0.1, -0.05) is 6.07 Å². The molecule has 1 aromatic carbocycles. The lowest BCUT2D eigenvalue weighted by atomic mass is 9.99. The van der Waals surface area contributed by atoms with Crippen LogP contribution in [0, 0.1) is 10.5 Å². The summed E-state index contributed by atoms with van der Waals surface area (Å²) >= 11 is 2.27. The van der Waals surface area contributed by atoms with E-state index in [-0.39, 0.29) is 24.4 Å². The van der Waals surface area contributed by atoms with Crippen LogP contribution in [0.1, 0.15) is 35.7 Å². The summed E-state index contributed by atoms with van der Waals surface area (Å²) < 4.78 is 1.13. The van der Waals surface area contributed by atoms with Crippen molar-refractivity contribution in [3.05, 3.63) is 32.9 Å². The molecule has 1 heterocycles. The second-order valence-electron chi connectivity index (χ2n) is 4.88. The lowest BCUT2D eigenvalue weighted by Gasteiger charge is -2.30. The number of nitrogens with one attached hydrogen (secondary N) is 2. The van der Waals surface area contributed by atoms with Crippen LogP contribution in [-0.4, -0.2) is 24.5 Å². The second-order valence-corrected chi connectivity index (χ2v) is 6.04. The molecule has 3 nitrogen and oxygen atoms in total. The summed E-state index contributed by atoms with van der Waals surface area (Å²) in [7, 11) is 0. The summed E-state index contributed by atoms with van der Waals surface area (Å²) in [6.07, 6.45) is 2.18. The van der Waals surface area contributed by atoms with Gasteiger partial charge in [-0.05, 0) is 73.5 Å². The lowest BCUT2D eigenvalue weighted by Crippen LogP contribution is -2.52. The largest absolute Gasteiger partial charge is 0.348 e. The molecule has 0 radical (unpaired) electrons. The highest BCUT2D eigenvalue weighted by Gasteiger charge is 2.23. The topological polar surface area (TPSA) is 41.1 Å². The Labute approximate surface area is 134 Å². The van der Waals surface area contributed by atoms with Gasteiger partial charge in [0.2, 0.25) is 0 Å². The van der Waals surface area contributed by atoms with Gasteiger partial charge in [-0.3, -0.25) is 4.79 Å². The fourth-order valence-electron chi connectivity index (χ4n) is 2.34. The number of rotatable bonds is 2. The molecule has 0 saturated carbocycles.